The second-order valence-corrected chi connectivity index (χ2v) is 5.30. The van der Waals surface area contributed by atoms with Crippen LogP contribution in [0.5, 0.6) is 0 Å². The average molecular weight is 237 g/mol. The molecule has 2 rings (SSSR count). The van der Waals surface area contributed by atoms with E-state index in [1.807, 2.05) is 0 Å². The number of aromatic nitrogens is 4. The Bertz CT molecular complexity index is 335. The summed E-state index contributed by atoms with van der Waals surface area (Å²) in [6, 6.07) is 0. The highest BCUT2D eigenvalue weighted by atomic mass is 15.6. The van der Waals surface area contributed by atoms with E-state index in [-0.39, 0.29) is 0 Å². The van der Waals surface area contributed by atoms with Crippen LogP contribution in [-0.4, -0.2) is 26.8 Å². The Labute approximate surface area is 103 Å². The van der Waals surface area contributed by atoms with Crippen molar-refractivity contribution >= 4 is 0 Å². The van der Waals surface area contributed by atoms with Gasteiger partial charge in [-0.2, -0.15) is 4.80 Å². The summed E-state index contributed by atoms with van der Waals surface area (Å²) in [6.45, 7) is 4.18. The molecule has 5 nitrogen and oxygen atoms in total. The second kappa shape index (κ2) is 6.10. The van der Waals surface area contributed by atoms with Crippen molar-refractivity contribution in [2.75, 3.05) is 6.54 Å². The molecule has 0 bridgehead atoms. The van der Waals surface area contributed by atoms with Crippen LogP contribution in [0.25, 0.3) is 0 Å². The van der Waals surface area contributed by atoms with Crippen molar-refractivity contribution in [2.24, 2.45) is 18.9 Å². The van der Waals surface area contributed by atoms with E-state index in [2.05, 4.69) is 27.7 Å². The first-order valence-corrected chi connectivity index (χ1v) is 6.67. The number of nitrogens with zero attached hydrogens (tertiary/aromatic N) is 4. The molecule has 1 saturated carbocycles. The summed E-state index contributed by atoms with van der Waals surface area (Å²) < 4.78 is 0. The fraction of sp³-hybridized carbons (Fsp3) is 0.917. The van der Waals surface area contributed by atoms with Crippen LogP contribution < -0.4 is 5.32 Å². The van der Waals surface area contributed by atoms with Gasteiger partial charge in [0.2, 0.25) is 0 Å². The van der Waals surface area contributed by atoms with E-state index < -0.39 is 0 Å². The lowest BCUT2D eigenvalue weighted by atomic mass is 9.81. The van der Waals surface area contributed by atoms with Crippen molar-refractivity contribution in [3.05, 3.63) is 5.82 Å². The van der Waals surface area contributed by atoms with Crippen molar-refractivity contribution in [3.63, 3.8) is 0 Å². The minimum Gasteiger partial charge on any atom is -0.310 e. The van der Waals surface area contributed by atoms with Crippen molar-refractivity contribution < 1.29 is 0 Å². The molecule has 0 aliphatic heterocycles. The SMILES string of the molecule is CC1CCCC(CCNCc2nnn(C)n2)C1. The van der Waals surface area contributed by atoms with Crippen LogP contribution in [0.1, 0.15) is 44.9 Å². The Morgan fingerprint density at radius 3 is 3.00 bits per heavy atom. The molecule has 1 fully saturated rings. The van der Waals surface area contributed by atoms with Crippen LogP contribution in [0.15, 0.2) is 0 Å². The Hall–Kier alpha value is -0.970. The minimum absolute atomic E-state index is 0.732. The third kappa shape index (κ3) is 4.07. The number of aryl methyl sites for hydroxylation is 1. The number of hydrogen-bond donors (Lipinski definition) is 1. The van der Waals surface area contributed by atoms with Gasteiger partial charge in [-0.15, -0.1) is 10.2 Å². The van der Waals surface area contributed by atoms with Gasteiger partial charge >= 0.3 is 0 Å². The van der Waals surface area contributed by atoms with Crippen LogP contribution in [0.3, 0.4) is 0 Å². The first-order chi connectivity index (χ1) is 8.24. The van der Waals surface area contributed by atoms with E-state index in [1.165, 1.54) is 36.9 Å². The van der Waals surface area contributed by atoms with Gasteiger partial charge in [0.15, 0.2) is 5.82 Å². The predicted molar refractivity (Wildman–Crippen MR) is 66.2 cm³/mol. The third-order valence-electron chi connectivity index (χ3n) is 3.61. The standard InChI is InChI=1S/C12H23N5/c1-10-4-3-5-11(8-10)6-7-13-9-12-14-16-17(2)15-12/h10-11,13H,3-9H2,1-2H3. The van der Waals surface area contributed by atoms with Gasteiger partial charge in [-0.1, -0.05) is 26.2 Å². The Balaban J connectivity index is 1.59. The predicted octanol–water partition coefficient (Wildman–Crippen LogP) is 1.52. The van der Waals surface area contributed by atoms with Crippen molar-refractivity contribution in [3.8, 4) is 0 Å². The first-order valence-electron chi connectivity index (χ1n) is 6.67. The highest BCUT2D eigenvalue weighted by Crippen LogP contribution is 2.30. The molecule has 1 N–H and O–H groups in total. The molecule has 2 unspecified atom stereocenters. The molecule has 96 valence electrons. The Morgan fingerprint density at radius 2 is 2.29 bits per heavy atom. The molecule has 17 heavy (non-hydrogen) atoms. The third-order valence-corrected chi connectivity index (χ3v) is 3.61. The van der Waals surface area contributed by atoms with E-state index >= 15 is 0 Å². The van der Waals surface area contributed by atoms with Gasteiger partial charge in [-0.25, -0.2) is 0 Å². The number of hydrogen-bond acceptors (Lipinski definition) is 4. The summed E-state index contributed by atoms with van der Waals surface area (Å²) in [5.41, 5.74) is 0. The highest BCUT2D eigenvalue weighted by Gasteiger charge is 2.18. The van der Waals surface area contributed by atoms with Gasteiger partial charge in [0.05, 0.1) is 13.6 Å². The maximum Gasteiger partial charge on any atom is 0.188 e. The maximum absolute atomic E-state index is 4.14. The van der Waals surface area contributed by atoms with Crippen molar-refractivity contribution in [2.45, 2.75) is 45.6 Å². The normalized spacial score (nSPS) is 25.1. The van der Waals surface area contributed by atoms with Crippen LogP contribution in [-0.2, 0) is 13.6 Å². The molecule has 0 aromatic carbocycles. The molecular weight excluding hydrogens is 214 g/mol. The molecule has 0 saturated heterocycles. The van der Waals surface area contributed by atoms with Gasteiger partial charge in [0, 0.05) is 0 Å². The lowest BCUT2D eigenvalue weighted by Crippen LogP contribution is -2.21. The maximum atomic E-state index is 4.14. The molecule has 1 aromatic rings. The fourth-order valence-corrected chi connectivity index (χ4v) is 2.72. The second-order valence-electron chi connectivity index (χ2n) is 5.30. The Kier molecular flexibility index (Phi) is 4.48. The van der Waals surface area contributed by atoms with E-state index in [1.54, 1.807) is 7.05 Å². The van der Waals surface area contributed by atoms with Gasteiger partial charge in [0.25, 0.3) is 0 Å². The van der Waals surface area contributed by atoms with Gasteiger partial charge in [0.1, 0.15) is 0 Å². The molecule has 1 heterocycles. The zero-order valence-electron chi connectivity index (χ0n) is 10.9. The summed E-state index contributed by atoms with van der Waals surface area (Å²) in [4.78, 5) is 1.50. The Morgan fingerprint density at radius 1 is 1.41 bits per heavy atom. The number of tetrazole rings is 1. The molecule has 1 aliphatic rings. The molecule has 5 heteroatoms. The van der Waals surface area contributed by atoms with Crippen LogP contribution in [0.4, 0.5) is 0 Å². The molecule has 0 amide bonds. The highest BCUT2D eigenvalue weighted by molar-refractivity contribution is 4.76. The zero-order valence-corrected chi connectivity index (χ0v) is 10.9. The van der Waals surface area contributed by atoms with Crippen LogP contribution in [0, 0.1) is 11.8 Å². The van der Waals surface area contributed by atoms with Crippen LogP contribution >= 0.6 is 0 Å². The summed E-state index contributed by atoms with van der Waals surface area (Å²) >= 11 is 0. The van der Waals surface area contributed by atoms with Gasteiger partial charge in [-0.3, -0.25) is 0 Å². The van der Waals surface area contributed by atoms with E-state index in [0.29, 0.717) is 0 Å². The van der Waals surface area contributed by atoms with E-state index in [0.717, 1.165) is 30.7 Å². The lowest BCUT2D eigenvalue weighted by Gasteiger charge is -2.26. The molecular formula is C12H23N5. The monoisotopic (exact) mass is 237 g/mol. The van der Waals surface area contributed by atoms with E-state index in [4.69, 9.17) is 0 Å². The molecule has 0 radical (unpaired) electrons. The fourth-order valence-electron chi connectivity index (χ4n) is 2.72. The zero-order chi connectivity index (χ0) is 12.1. The van der Waals surface area contributed by atoms with Crippen molar-refractivity contribution in [1.82, 2.24) is 25.5 Å². The lowest BCUT2D eigenvalue weighted by molar-refractivity contribution is 0.267. The topological polar surface area (TPSA) is 55.6 Å². The van der Waals surface area contributed by atoms with Crippen LogP contribution in [0.2, 0.25) is 0 Å². The summed E-state index contributed by atoms with van der Waals surface area (Å²) in [5.74, 6) is 2.63. The van der Waals surface area contributed by atoms with Gasteiger partial charge < -0.3 is 5.32 Å². The summed E-state index contributed by atoms with van der Waals surface area (Å²) in [6.07, 6.45) is 6.94. The van der Waals surface area contributed by atoms with Gasteiger partial charge in [-0.05, 0) is 36.4 Å². The largest absolute Gasteiger partial charge is 0.310 e. The van der Waals surface area contributed by atoms with Crippen molar-refractivity contribution in [1.29, 1.82) is 0 Å². The average Bonchev–Trinajstić information content (AvgIpc) is 2.71. The minimum atomic E-state index is 0.732. The smallest absolute Gasteiger partial charge is 0.188 e. The van der Waals surface area contributed by atoms with E-state index in [9.17, 15) is 0 Å². The number of nitrogens with one attached hydrogen (secondary N) is 1. The summed E-state index contributed by atoms with van der Waals surface area (Å²) in [7, 11) is 1.79. The first kappa shape index (κ1) is 12.5. The molecule has 1 aliphatic carbocycles. The number of rotatable bonds is 5. The summed E-state index contributed by atoms with van der Waals surface area (Å²) in [5, 5.41) is 15.3. The molecule has 0 spiro atoms. The quantitative estimate of drug-likeness (QED) is 0.789. The molecule has 1 aromatic heterocycles. The molecule has 2 atom stereocenters.